The highest BCUT2D eigenvalue weighted by atomic mass is 32.1. The molecule has 3 aliphatic carbocycles. The maximum absolute atomic E-state index is 14.0. The summed E-state index contributed by atoms with van der Waals surface area (Å²) >= 11 is 1.52. The molecule has 0 fully saturated rings. The van der Waals surface area contributed by atoms with Crippen molar-refractivity contribution in [3.8, 4) is 16.2 Å². The van der Waals surface area contributed by atoms with Crippen molar-refractivity contribution in [3.05, 3.63) is 98.8 Å². The van der Waals surface area contributed by atoms with Crippen LogP contribution in [0.15, 0.2) is 76.6 Å². The number of Topliss-reactive ketones (excluding diaryl/α,β-unsaturated/α-hetero) is 2. The van der Waals surface area contributed by atoms with E-state index < -0.39 is 58.0 Å². The zero-order chi connectivity index (χ0) is 31.5. The number of carbonyl (C=O) groups is 3. The third kappa shape index (κ3) is 4.55. The monoisotopic (exact) mass is 615 g/mol. The number of aromatic hydroxyl groups is 1. The zero-order valence-corrected chi connectivity index (χ0v) is 25.0. The Bertz CT molecular complexity index is 1760. The van der Waals surface area contributed by atoms with Gasteiger partial charge in [-0.2, -0.15) is 0 Å². The number of aliphatic hydroxyl groups is 3. The number of fused-ring (bicyclic) bond motifs is 3. The number of amides is 1. The number of benzene rings is 2. The molecule has 0 aliphatic heterocycles. The van der Waals surface area contributed by atoms with E-state index in [0.29, 0.717) is 18.7 Å². The Labute approximate surface area is 257 Å². The fourth-order valence-corrected chi connectivity index (χ4v) is 8.01. The minimum absolute atomic E-state index is 0.000402. The number of rotatable bonds is 7. The molecule has 0 radical (unpaired) electrons. The highest BCUT2D eigenvalue weighted by Gasteiger charge is 2.63. The highest BCUT2D eigenvalue weighted by molar-refractivity contribution is 7.13. The molecule has 44 heavy (non-hydrogen) atoms. The Hall–Kier alpha value is -4.29. The number of ketones is 2. The van der Waals surface area contributed by atoms with Gasteiger partial charge in [0.25, 0.3) is 5.91 Å². The predicted octanol–water partition coefficient (Wildman–Crippen LogP) is 3.14. The lowest BCUT2D eigenvalue weighted by atomic mass is 9.58. The second kappa shape index (κ2) is 11.0. The number of hydrogen-bond donors (Lipinski definition) is 6. The van der Waals surface area contributed by atoms with E-state index in [1.165, 1.54) is 27.9 Å². The van der Waals surface area contributed by atoms with E-state index >= 15 is 0 Å². The largest absolute Gasteiger partial charge is 0.510 e. The normalized spacial score (nSPS) is 24.8. The van der Waals surface area contributed by atoms with Crippen molar-refractivity contribution in [1.29, 1.82) is 0 Å². The van der Waals surface area contributed by atoms with E-state index in [1.807, 2.05) is 29.6 Å². The van der Waals surface area contributed by atoms with Crippen LogP contribution in [0.1, 0.15) is 33.5 Å². The van der Waals surface area contributed by atoms with Crippen LogP contribution in [-0.4, -0.2) is 68.5 Å². The average Bonchev–Trinajstić information content (AvgIpc) is 3.44. The molecule has 0 saturated heterocycles. The summed E-state index contributed by atoms with van der Waals surface area (Å²) in [5.41, 5.74) is 5.36. The minimum atomic E-state index is -2.66. The number of hydrogen-bond acceptors (Lipinski definition) is 10. The van der Waals surface area contributed by atoms with Gasteiger partial charge in [0.15, 0.2) is 11.4 Å². The molecule has 228 valence electrons. The zero-order valence-electron chi connectivity index (χ0n) is 24.2. The summed E-state index contributed by atoms with van der Waals surface area (Å²) in [4.78, 5) is 42.1. The third-order valence-electron chi connectivity index (χ3n) is 9.03. The molecule has 1 amide bonds. The van der Waals surface area contributed by atoms with Crippen molar-refractivity contribution in [2.75, 3.05) is 14.1 Å². The number of nitrogens with two attached hydrogens (primary N) is 1. The number of phenolic OH excluding ortho intramolecular Hbond substituents is 1. The van der Waals surface area contributed by atoms with Gasteiger partial charge in [0.05, 0.1) is 11.6 Å². The SMILES string of the molecule is CN(C)C1C(O)=C(C(N)=O)C(=O)[C@@]2(O)C(O)=C3C(=O)c4c(O)ccc(-c5cc(CNCc6ccccc6)cs5)c4C[C@H]3C[C@@H]12. The third-order valence-corrected chi connectivity index (χ3v) is 10.0. The van der Waals surface area contributed by atoms with Crippen molar-refractivity contribution >= 4 is 28.8 Å². The van der Waals surface area contributed by atoms with Crippen molar-refractivity contribution < 1.29 is 34.8 Å². The molecular weight excluding hydrogens is 582 g/mol. The van der Waals surface area contributed by atoms with Crippen molar-refractivity contribution in [2.24, 2.45) is 17.6 Å². The topological polar surface area (TPSA) is 173 Å². The van der Waals surface area contributed by atoms with Crippen LogP contribution in [0.25, 0.3) is 10.4 Å². The Morgan fingerprint density at radius 1 is 1.07 bits per heavy atom. The highest BCUT2D eigenvalue weighted by Crippen LogP contribution is 2.53. The van der Waals surface area contributed by atoms with Gasteiger partial charge in [-0.15, -0.1) is 11.3 Å². The van der Waals surface area contributed by atoms with Gasteiger partial charge >= 0.3 is 0 Å². The smallest absolute Gasteiger partial charge is 0.255 e. The molecule has 4 atom stereocenters. The molecule has 7 N–H and O–H groups in total. The summed E-state index contributed by atoms with van der Waals surface area (Å²) in [6.45, 7) is 1.35. The molecule has 3 aromatic rings. The Kier molecular flexibility index (Phi) is 7.45. The van der Waals surface area contributed by atoms with Gasteiger partial charge in [-0.05, 0) is 78.7 Å². The molecule has 0 spiro atoms. The molecular formula is C33H33N3O7S. The van der Waals surface area contributed by atoms with Gasteiger partial charge in [0.1, 0.15) is 22.8 Å². The van der Waals surface area contributed by atoms with Crippen LogP contribution in [0.3, 0.4) is 0 Å². The molecule has 6 rings (SSSR count). The van der Waals surface area contributed by atoms with E-state index in [9.17, 15) is 34.8 Å². The van der Waals surface area contributed by atoms with Crippen LogP contribution in [0.2, 0.25) is 0 Å². The first-order valence-electron chi connectivity index (χ1n) is 14.3. The second-order valence-electron chi connectivity index (χ2n) is 11.9. The number of aliphatic hydroxyl groups excluding tert-OH is 2. The van der Waals surface area contributed by atoms with Crippen LogP contribution in [-0.2, 0) is 29.1 Å². The number of primary amides is 1. The van der Waals surface area contributed by atoms with E-state index in [0.717, 1.165) is 16.0 Å². The average molecular weight is 616 g/mol. The quantitative estimate of drug-likeness (QED) is 0.218. The van der Waals surface area contributed by atoms with Gasteiger partial charge in [-0.1, -0.05) is 30.3 Å². The maximum Gasteiger partial charge on any atom is 0.255 e. The lowest BCUT2D eigenvalue weighted by molar-refractivity contribution is -0.148. The van der Waals surface area contributed by atoms with Crippen molar-refractivity contribution in [2.45, 2.75) is 37.6 Å². The summed E-state index contributed by atoms with van der Waals surface area (Å²) in [6.07, 6.45) is 0.276. The molecule has 11 heteroatoms. The van der Waals surface area contributed by atoms with Gasteiger partial charge in [-0.3, -0.25) is 19.3 Å². The summed E-state index contributed by atoms with van der Waals surface area (Å²) in [6, 6.07) is 14.3. The lowest BCUT2D eigenvalue weighted by Crippen LogP contribution is -2.63. The van der Waals surface area contributed by atoms with Gasteiger partial charge in [-0.25, -0.2) is 0 Å². The molecule has 1 unspecified atom stereocenters. The first-order chi connectivity index (χ1) is 20.9. The number of allylic oxidation sites excluding steroid dienone is 1. The van der Waals surface area contributed by atoms with Gasteiger partial charge in [0, 0.05) is 29.5 Å². The standard InChI is InChI=1S/C33H33N3O7S/c1-36(2)27-21-12-18-11-20-19(23-10-17(15-44-23)14-35-13-16-6-4-3-5-7-16)8-9-22(37)25(20)28(38)24(18)30(40)33(21,43)31(41)26(29(27)39)32(34)42/h3-10,15,18,21,27,35,37,39-40,43H,11-14H2,1-2H3,(H2,34,42)/t18-,21-,27?,33-/m0/s1. The molecule has 3 aliphatic rings. The summed E-state index contributed by atoms with van der Waals surface area (Å²) in [5, 5.41) is 50.5. The first kappa shape index (κ1) is 29.8. The molecule has 1 heterocycles. The summed E-state index contributed by atoms with van der Waals surface area (Å²) < 4.78 is 0. The predicted molar refractivity (Wildman–Crippen MR) is 164 cm³/mol. The summed E-state index contributed by atoms with van der Waals surface area (Å²) in [7, 11) is 3.21. The number of phenols is 1. The minimum Gasteiger partial charge on any atom is -0.510 e. The Balaban J connectivity index is 1.37. The lowest BCUT2D eigenvalue weighted by Gasteiger charge is -2.50. The van der Waals surface area contributed by atoms with E-state index in [4.69, 9.17) is 5.73 Å². The number of thiophene rings is 1. The number of nitrogens with zero attached hydrogens (tertiary/aromatic N) is 1. The van der Waals surface area contributed by atoms with Gasteiger partial charge < -0.3 is 31.5 Å². The van der Waals surface area contributed by atoms with Crippen molar-refractivity contribution in [3.63, 3.8) is 0 Å². The van der Waals surface area contributed by atoms with Crippen LogP contribution in [0.4, 0.5) is 0 Å². The molecule has 1 aromatic heterocycles. The fraction of sp³-hybridized carbons (Fsp3) is 0.303. The first-order valence-corrected chi connectivity index (χ1v) is 15.1. The van der Waals surface area contributed by atoms with E-state index in [1.54, 1.807) is 20.2 Å². The second-order valence-corrected chi connectivity index (χ2v) is 12.8. The Morgan fingerprint density at radius 3 is 2.45 bits per heavy atom. The molecule has 2 aromatic carbocycles. The Morgan fingerprint density at radius 2 is 1.77 bits per heavy atom. The number of carbonyl (C=O) groups excluding carboxylic acids is 3. The van der Waals surface area contributed by atoms with E-state index in [-0.39, 0.29) is 29.7 Å². The molecule has 0 bridgehead atoms. The maximum atomic E-state index is 14.0. The molecule has 10 nitrogen and oxygen atoms in total. The number of nitrogens with one attached hydrogen (secondary N) is 1. The van der Waals surface area contributed by atoms with Crippen LogP contribution in [0, 0.1) is 11.8 Å². The molecule has 0 saturated carbocycles. The summed E-state index contributed by atoms with van der Waals surface area (Å²) in [5.74, 6) is -6.64. The van der Waals surface area contributed by atoms with Gasteiger partial charge in [0.2, 0.25) is 5.78 Å². The van der Waals surface area contributed by atoms with E-state index in [2.05, 4.69) is 17.4 Å². The van der Waals surface area contributed by atoms with Crippen LogP contribution >= 0.6 is 11.3 Å². The fourth-order valence-electron chi connectivity index (χ4n) is 7.04. The van der Waals surface area contributed by atoms with Crippen LogP contribution < -0.4 is 11.1 Å². The van der Waals surface area contributed by atoms with Crippen molar-refractivity contribution in [1.82, 2.24) is 10.2 Å². The number of likely N-dealkylation sites (N-methyl/N-ethyl adjacent to an activating group) is 1. The van der Waals surface area contributed by atoms with Crippen LogP contribution in [0.5, 0.6) is 5.75 Å².